The van der Waals surface area contributed by atoms with Crippen molar-refractivity contribution in [2.45, 2.75) is 26.9 Å². The Bertz CT molecular complexity index is 201. The van der Waals surface area contributed by atoms with Gasteiger partial charge in [-0.1, -0.05) is 20.8 Å². The third kappa shape index (κ3) is 1.87. The molecule has 1 atom stereocenters. The van der Waals surface area contributed by atoms with Crippen molar-refractivity contribution in [3.63, 3.8) is 0 Å². The molecule has 0 aliphatic carbocycles. The lowest BCUT2D eigenvalue weighted by Gasteiger charge is -2.21. The molecule has 0 spiro atoms. The Labute approximate surface area is 66.9 Å². The lowest BCUT2D eigenvalue weighted by molar-refractivity contribution is 0.331. The van der Waals surface area contributed by atoms with E-state index in [2.05, 4.69) is 30.8 Å². The second-order valence-corrected chi connectivity index (χ2v) is 3.80. The standard InChI is InChI=1S/C8H14N2O/c1-8(2,3)7-9-4-6(5-11)10-7/h4,7,11H,5H2,1-3H3. The number of hydrogen-bond donors (Lipinski definition) is 1. The van der Waals surface area contributed by atoms with E-state index in [1.54, 1.807) is 6.21 Å². The summed E-state index contributed by atoms with van der Waals surface area (Å²) in [4.78, 5) is 8.39. The lowest BCUT2D eigenvalue weighted by atomic mass is 9.93. The third-order valence-electron chi connectivity index (χ3n) is 1.59. The highest BCUT2D eigenvalue weighted by atomic mass is 16.3. The molecule has 3 heteroatoms. The first-order valence-corrected chi connectivity index (χ1v) is 3.75. The van der Waals surface area contributed by atoms with E-state index < -0.39 is 0 Å². The number of aliphatic imine (C=N–C) groups is 2. The van der Waals surface area contributed by atoms with Crippen LogP contribution >= 0.6 is 0 Å². The summed E-state index contributed by atoms with van der Waals surface area (Å²) >= 11 is 0. The van der Waals surface area contributed by atoms with Crippen molar-refractivity contribution >= 4 is 11.9 Å². The topological polar surface area (TPSA) is 45.0 Å². The van der Waals surface area contributed by atoms with Crippen LogP contribution in [0.3, 0.4) is 0 Å². The van der Waals surface area contributed by atoms with E-state index in [1.807, 2.05) is 0 Å². The zero-order valence-corrected chi connectivity index (χ0v) is 7.20. The molecule has 0 fully saturated rings. The summed E-state index contributed by atoms with van der Waals surface area (Å²) in [7, 11) is 0. The quantitative estimate of drug-likeness (QED) is 0.598. The minimum atomic E-state index is -0.00958. The van der Waals surface area contributed by atoms with Crippen molar-refractivity contribution in [1.29, 1.82) is 0 Å². The summed E-state index contributed by atoms with van der Waals surface area (Å²) in [6.07, 6.45) is 1.64. The molecule has 1 aliphatic rings. The zero-order valence-electron chi connectivity index (χ0n) is 7.20. The Morgan fingerprint density at radius 3 is 2.45 bits per heavy atom. The molecule has 1 aliphatic heterocycles. The average Bonchev–Trinajstić information content (AvgIpc) is 2.32. The maximum absolute atomic E-state index is 8.73. The monoisotopic (exact) mass is 154 g/mol. The van der Waals surface area contributed by atoms with Crippen LogP contribution in [0.4, 0.5) is 0 Å². The molecule has 1 heterocycles. The van der Waals surface area contributed by atoms with Crippen molar-refractivity contribution in [3.8, 4) is 0 Å². The van der Waals surface area contributed by atoms with Gasteiger partial charge in [0.1, 0.15) is 6.17 Å². The van der Waals surface area contributed by atoms with Crippen molar-refractivity contribution in [1.82, 2.24) is 0 Å². The Kier molecular flexibility index (Phi) is 2.09. The molecule has 1 unspecified atom stereocenters. The van der Waals surface area contributed by atoms with E-state index >= 15 is 0 Å². The Morgan fingerprint density at radius 1 is 1.55 bits per heavy atom. The minimum absolute atomic E-state index is 0.00389. The summed E-state index contributed by atoms with van der Waals surface area (Å²) in [5.74, 6) is 0. The van der Waals surface area contributed by atoms with Crippen LogP contribution in [0.2, 0.25) is 0 Å². The van der Waals surface area contributed by atoms with Gasteiger partial charge in [-0.15, -0.1) is 0 Å². The van der Waals surface area contributed by atoms with E-state index in [0.29, 0.717) is 5.71 Å². The minimum Gasteiger partial charge on any atom is -0.390 e. The fraction of sp³-hybridized carbons (Fsp3) is 0.750. The number of hydrogen-bond acceptors (Lipinski definition) is 3. The first-order chi connectivity index (χ1) is 5.04. The molecule has 0 aromatic rings. The highest BCUT2D eigenvalue weighted by Crippen LogP contribution is 2.24. The maximum atomic E-state index is 8.73. The van der Waals surface area contributed by atoms with Gasteiger partial charge in [-0.25, -0.2) is 0 Å². The molecule has 0 amide bonds. The Balaban J connectivity index is 2.69. The SMILES string of the molecule is CC(C)(C)C1N=CC(CO)=N1. The molecule has 0 saturated heterocycles. The number of rotatable bonds is 1. The lowest BCUT2D eigenvalue weighted by Crippen LogP contribution is -2.20. The second-order valence-electron chi connectivity index (χ2n) is 3.80. The number of aliphatic hydroxyl groups is 1. The average molecular weight is 154 g/mol. The van der Waals surface area contributed by atoms with Crippen LogP contribution in [-0.2, 0) is 0 Å². The number of nitrogens with zero attached hydrogens (tertiary/aromatic N) is 2. The van der Waals surface area contributed by atoms with Crippen LogP contribution in [0.1, 0.15) is 20.8 Å². The third-order valence-corrected chi connectivity index (χ3v) is 1.59. The second kappa shape index (κ2) is 2.74. The summed E-state index contributed by atoms with van der Waals surface area (Å²) in [6.45, 7) is 6.24. The molecule has 0 bridgehead atoms. The van der Waals surface area contributed by atoms with Crippen molar-refractivity contribution < 1.29 is 5.11 Å². The molecule has 0 aromatic carbocycles. The van der Waals surface area contributed by atoms with Gasteiger partial charge >= 0.3 is 0 Å². The molecule has 1 N–H and O–H groups in total. The van der Waals surface area contributed by atoms with Gasteiger partial charge in [0, 0.05) is 11.6 Å². The summed E-state index contributed by atoms with van der Waals surface area (Å²) < 4.78 is 0. The van der Waals surface area contributed by atoms with Gasteiger partial charge in [0.15, 0.2) is 0 Å². The van der Waals surface area contributed by atoms with Gasteiger partial charge in [-0.3, -0.25) is 9.98 Å². The van der Waals surface area contributed by atoms with Crippen molar-refractivity contribution in [2.24, 2.45) is 15.4 Å². The smallest absolute Gasteiger partial charge is 0.144 e. The first kappa shape index (κ1) is 8.40. The normalized spacial score (nSPS) is 24.0. The molecule has 0 aromatic heterocycles. The van der Waals surface area contributed by atoms with Gasteiger partial charge in [0.25, 0.3) is 0 Å². The van der Waals surface area contributed by atoms with Crippen molar-refractivity contribution in [3.05, 3.63) is 0 Å². The van der Waals surface area contributed by atoms with Crippen LogP contribution in [0.25, 0.3) is 0 Å². The molecule has 3 nitrogen and oxygen atoms in total. The molecule has 11 heavy (non-hydrogen) atoms. The predicted octanol–water partition coefficient (Wildman–Crippen LogP) is 0.876. The van der Waals surface area contributed by atoms with Gasteiger partial charge in [0.05, 0.1) is 12.3 Å². The summed E-state index contributed by atoms with van der Waals surface area (Å²) in [5.41, 5.74) is 0.748. The van der Waals surface area contributed by atoms with Crippen LogP contribution in [0.15, 0.2) is 9.98 Å². The van der Waals surface area contributed by atoms with E-state index in [0.717, 1.165) is 0 Å². The van der Waals surface area contributed by atoms with Gasteiger partial charge in [-0.2, -0.15) is 0 Å². The Morgan fingerprint density at radius 2 is 2.18 bits per heavy atom. The highest BCUT2D eigenvalue weighted by molar-refractivity contribution is 6.32. The first-order valence-electron chi connectivity index (χ1n) is 3.75. The largest absolute Gasteiger partial charge is 0.390 e. The summed E-state index contributed by atoms with van der Waals surface area (Å²) in [6, 6.07) is 0. The highest BCUT2D eigenvalue weighted by Gasteiger charge is 2.25. The fourth-order valence-corrected chi connectivity index (χ4v) is 0.879. The maximum Gasteiger partial charge on any atom is 0.144 e. The van der Waals surface area contributed by atoms with E-state index in [4.69, 9.17) is 5.11 Å². The van der Waals surface area contributed by atoms with Gasteiger partial charge in [-0.05, 0) is 0 Å². The molecule has 1 rings (SSSR count). The Hall–Kier alpha value is -0.700. The van der Waals surface area contributed by atoms with Crippen LogP contribution < -0.4 is 0 Å². The van der Waals surface area contributed by atoms with Gasteiger partial charge < -0.3 is 5.11 Å². The van der Waals surface area contributed by atoms with Crippen LogP contribution in [0.5, 0.6) is 0 Å². The molecular weight excluding hydrogens is 140 g/mol. The van der Waals surface area contributed by atoms with Crippen molar-refractivity contribution in [2.75, 3.05) is 6.61 Å². The molecule has 0 radical (unpaired) electrons. The van der Waals surface area contributed by atoms with E-state index in [9.17, 15) is 0 Å². The predicted molar refractivity (Wildman–Crippen MR) is 46.3 cm³/mol. The van der Waals surface area contributed by atoms with E-state index in [-0.39, 0.29) is 18.2 Å². The fourth-order valence-electron chi connectivity index (χ4n) is 0.879. The molecule has 62 valence electrons. The molecular formula is C8H14N2O. The van der Waals surface area contributed by atoms with E-state index in [1.165, 1.54) is 0 Å². The van der Waals surface area contributed by atoms with Gasteiger partial charge in [0.2, 0.25) is 0 Å². The summed E-state index contributed by atoms with van der Waals surface area (Å²) in [5, 5.41) is 8.73. The molecule has 0 saturated carbocycles. The number of aliphatic hydroxyl groups excluding tert-OH is 1. The zero-order chi connectivity index (χ0) is 8.48. The van der Waals surface area contributed by atoms with Crippen LogP contribution in [0, 0.1) is 5.41 Å². The van der Waals surface area contributed by atoms with Crippen LogP contribution in [-0.4, -0.2) is 29.8 Å².